The Labute approximate surface area is 187 Å². The number of carbonyl (C=O) groups is 1. The van der Waals surface area contributed by atoms with Gasteiger partial charge in [0.15, 0.2) is 0 Å². The lowest BCUT2D eigenvalue weighted by Gasteiger charge is -2.27. The third-order valence-corrected chi connectivity index (χ3v) is 6.31. The van der Waals surface area contributed by atoms with Crippen molar-refractivity contribution in [3.8, 4) is 0 Å². The molecule has 0 aromatic heterocycles. The zero-order valence-corrected chi connectivity index (χ0v) is 20.5. The van der Waals surface area contributed by atoms with E-state index in [4.69, 9.17) is 5.11 Å². The number of rotatable bonds is 22. The monoisotopic (exact) mass is 427 g/mol. The van der Waals surface area contributed by atoms with Crippen LogP contribution in [-0.4, -0.2) is 46.8 Å². The van der Waals surface area contributed by atoms with E-state index in [1.54, 1.807) is 4.90 Å². The van der Waals surface area contributed by atoms with E-state index in [1.165, 1.54) is 83.5 Å². The summed E-state index contributed by atoms with van der Waals surface area (Å²) in [4.78, 5) is 14.1. The minimum Gasteiger partial charge on any atom is -0.394 e. The third-order valence-electron chi connectivity index (χ3n) is 6.31. The summed E-state index contributed by atoms with van der Waals surface area (Å²) in [7, 11) is 0. The number of hydrogen-bond acceptors (Lipinski definition) is 3. The molecule has 0 aliphatic rings. The van der Waals surface area contributed by atoms with Gasteiger partial charge in [0.25, 0.3) is 0 Å². The molecular formula is C26H53NO3. The van der Waals surface area contributed by atoms with Gasteiger partial charge in [0.1, 0.15) is 0 Å². The number of unbranched alkanes of at least 4 members (excludes halogenated alkanes) is 11. The summed E-state index contributed by atoms with van der Waals surface area (Å²) in [5.41, 5.74) is 0. The molecule has 1 amide bonds. The molecule has 0 saturated carbocycles. The summed E-state index contributed by atoms with van der Waals surface area (Å²) >= 11 is 0. The Bertz CT molecular complexity index is 375. The van der Waals surface area contributed by atoms with Gasteiger partial charge in [-0.2, -0.15) is 0 Å². The van der Waals surface area contributed by atoms with Gasteiger partial charge in [-0.05, 0) is 18.8 Å². The van der Waals surface area contributed by atoms with E-state index in [1.807, 2.05) is 6.92 Å². The fraction of sp³-hybridized carbons (Fsp3) is 0.962. The van der Waals surface area contributed by atoms with Crippen molar-refractivity contribution >= 4 is 5.91 Å². The van der Waals surface area contributed by atoms with Crippen molar-refractivity contribution in [2.75, 3.05) is 19.7 Å². The summed E-state index contributed by atoms with van der Waals surface area (Å²) in [6.07, 6.45) is 20.5. The average Bonchev–Trinajstić information content (AvgIpc) is 2.75. The van der Waals surface area contributed by atoms with Crippen LogP contribution in [0.1, 0.15) is 130 Å². The van der Waals surface area contributed by atoms with Crippen LogP contribution in [0.2, 0.25) is 0 Å². The molecule has 0 spiro atoms. The van der Waals surface area contributed by atoms with Crippen molar-refractivity contribution in [1.29, 1.82) is 0 Å². The first-order valence-electron chi connectivity index (χ1n) is 13.2. The minimum atomic E-state index is -0.831. The summed E-state index contributed by atoms with van der Waals surface area (Å²) in [6, 6.07) is 0. The Kier molecular flexibility index (Phi) is 21.2. The molecule has 0 radical (unpaired) electrons. The summed E-state index contributed by atoms with van der Waals surface area (Å²) in [5, 5.41) is 18.9. The maximum absolute atomic E-state index is 12.3. The van der Waals surface area contributed by atoms with Gasteiger partial charge in [0, 0.05) is 19.5 Å². The molecule has 0 aromatic rings. The Morgan fingerprint density at radius 2 is 1.30 bits per heavy atom. The van der Waals surface area contributed by atoms with Gasteiger partial charge in [0.05, 0.1) is 12.7 Å². The van der Waals surface area contributed by atoms with E-state index in [0.29, 0.717) is 18.9 Å². The van der Waals surface area contributed by atoms with Crippen LogP contribution in [0.3, 0.4) is 0 Å². The molecule has 0 fully saturated rings. The number of nitrogens with zero attached hydrogens (tertiary/aromatic N) is 1. The van der Waals surface area contributed by atoms with Crippen molar-refractivity contribution in [3.63, 3.8) is 0 Å². The van der Waals surface area contributed by atoms with E-state index in [-0.39, 0.29) is 19.1 Å². The highest BCUT2D eigenvalue weighted by Crippen LogP contribution is 2.20. The molecule has 0 rings (SSSR count). The first-order chi connectivity index (χ1) is 14.6. The highest BCUT2D eigenvalue weighted by molar-refractivity contribution is 5.76. The first kappa shape index (κ1) is 29.4. The lowest BCUT2D eigenvalue weighted by molar-refractivity contribution is -0.133. The average molecular weight is 428 g/mol. The smallest absolute Gasteiger partial charge is 0.222 e. The Morgan fingerprint density at radius 3 is 1.77 bits per heavy atom. The highest BCUT2D eigenvalue weighted by atomic mass is 16.3. The molecule has 0 aliphatic heterocycles. The molecule has 2 atom stereocenters. The van der Waals surface area contributed by atoms with E-state index in [0.717, 1.165) is 19.3 Å². The molecule has 0 bridgehead atoms. The van der Waals surface area contributed by atoms with Gasteiger partial charge in [0.2, 0.25) is 5.91 Å². The van der Waals surface area contributed by atoms with Crippen molar-refractivity contribution in [2.45, 2.75) is 136 Å². The second-order valence-corrected chi connectivity index (χ2v) is 9.17. The largest absolute Gasteiger partial charge is 0.394 e. The fourth-order valence-corrected chi connectivity index (χ4v) is 4.17. The van der Waals surface area contributed by atoms with E-state index >= 15 is 0 Å². The molecule has 180 valence electrons. The van der Waals surface area contributed by atoms with Crippen LogP contribution >= 0.6 is 0 Å². The van der Waals surface area contributed by atoms with Gasteiger partial charge in [-0.3, -0.25) is 4.79 Å². The number of hydrogen-bond donors (Lipinski definition) is 2. The van der Waals surface area contributed by atoms with E-state index in [9.17, 15) is 9.90 Å². The normalized spacial score (nSPS) is 13.4. The van der Waals surface area contributed by atoms with Crippen LogP contribution in [0.5, 0.6) is 0 Å². The molecule has 4 nitrogen and oxygen atoms in total. The third kappa shape index (κ3) is 17.1. The van der Waals surface area contributed by atoms with Gasteiger partial charge in [-0.15, -0.1) is 0 Å². The van der Waals surface area contributed by atoms with Crippen molar-refractivity contribution in [1.82, 2.24) is 4.90 Å². The van der Waals surface area contributed by atoms with Crippen molar-refractivity contribution < 1.29 is 15.0 Å². The molecule has 4 heteroatoms. The van der Waals surface area contributed by atoms with Crippen molar-refractivity contribution in [2.24, 2.45) is 5.92 Å². The summed E-state index contributed by atoms with van der Waals surface area (Å²) in [5.74, 6) is 0.751. The maximum Gasteiger partial charge on any atom is 0.222 e. The predicted octanol–water partition coefficient (Wildman–Crippen LogP) is 6.48. The minimum absolute atomic E-state index is 0.102. The van der Waals surface area contributed by atoms with Crippen LogP contribution in [0.15, 0.2) is 0 Å². The molecule has 0 heterocycles. The van der Waals surface area contributed by atoms with Crippen molar-refractivity contribution in [3.05, 3.63) is 0 Å². The molecule has 30 heavy (non-hydrogen) atoms. The van der Waals surface area contributed by atoms with Crippen LogP contribution in [0, 0.1) is 5.92 Å². The Balaban J connectivity index is 3.86. The quantitative estimate of drug-likeness (QED) is 0.194. The fourth-order valence-electron chi connectivity index (χ4n) is 4.17. The van der Waals surface area contributed by atoms with Crippen LogP contribution in [0.4, 0.5) is 0 Å². The predicted molar refractivity (Wildman–Crippen MR) is 129 cm³/mol. The Morgan fingerprint density at radius 1 is 0.767 bits per heavy atom. The maximum atomic E-state index is 12.3. The zero-order valence-electron chi connectivity index (χ0n) is 20.5. The second-order valence-electron chi connectivity index (χ2n) is 9.17. The lowest BCUT2D eigenvalue weighted by Crippen LogP contribution is -2.39. The van der Waals surface area contributed by atoms with Crippen LogP contribution in [-0.2, 0) is 4.79 Å². The van der Waals surface area contributed by atoms with Gasteiger partial charge < -0.3 is 15.1 Å². The topological polar surface area (TPSA) is 60.8 Å². The van der Waals surface area contributed by atoms with E-state index in [2.05, 4.69) is 13.8 Å². The first-order valence-corrected chi connectivity index (χ1v) is 13.2. The number of aliphatic hydroxyl groups is 2. The molecule has 0 aliphatic carbocycles. The van der Waals surface area contributed by atoms with Gasteiger partial charge >= 0.3 is 0 Å². The SMILES string of the molecule is CCCCCCCCCCCCCCC(CC)CCN(CC(O)CO)C(=O)CCC. The summed E-state index contributed by atoms with van der Waals surface area (Å²) < 4.78 is 0. The lowest BCUT2D eigenvalue weighted by atomic mass is 9.94. The Hall–Kier alpha value is -0.610. The van der Waals surface area contributed by atoms with Crippen LogP contribution < -0.4 is 0 Å². The van der Waals surface area contributed by atoms with Crippen LogP contribution in [0.25, 0.3) is 0 Å². The standard InChI is InChI=1S/C26H53NO3/c1-4-7-8-9-10-11-12-13-14-15-16-17-19-24(6-3)20-21-27(22-25(29)23-28)26(30)18-5-2/h24-25,28-29H,4-23H2,1-3H3. The van der Waals surface area contributed by atoms with Gasteiger partial charge in [-0.25, -0.2) is 0 Å². The molecule has 2 unspecified atom stereocenters. The molecule has 2 N–H and O–H groups in total. The van der Waals surface area contributed by atoms with E-state index < -0.39 is 6.10 Å². The second kappa shape index (κ2) is 21.6. The number of amides is 1. The molecule has 0 aromatic carbocycles. The molecular weight excluding hydrogens is 374 g/mol. The number of carbonyl (C=O) groups excluding carboxylic acids is 1. The highest BCUT2D eigenvalue weighted by Gasteiger charge is 2.18. The molecule has 0 saturated heterocycles. The number of aliphatic hydroxyl groups excluding tert-OH is 2. The zero-order chi connectivity index (χ0) is 22.5. The van der Waals surface area contributed by atoms with Gasteiger partial charge in [-0.1, -0.05) is 111 Å². The summed E-state index contributed by atoms with van der Waals surface area (Å²) in [6.45, 7) is 7.19.